The van der Waals surface area contributed by atoms with Crippen LogP contribution in [0.5, 0.6) is 0 Å². The Hall–Kier alpha value is -3.56. The molecule has 42 heavy (non-hydrogen) atoms. The lowest BCUT2D eigenvalue weighted by atomic mass is 9.80. The lowest BCUT2D eigenvalue weighted by molar-refractivity contribution is -0.130. The van der Waals surface area contributed by atoms with E-state index in [1.54, 1.807) is 6.07 Å². The Balaban J connectivity index is 1.22. The molecule has 222 valence electrons. The highest BCUT2D eigenvalue weighted by molar-refractivity contribution is 5.87. The van der Waals surface area contributed by atoms with Crippen molar-refractivity contribution < 1.29 is 9.53 Å². The number of ether oxygens (including phenoxy) is 1. The van der Waals surface area contributed by atoms with Gasteiger partial charge in [-0.1, -0.05) is 43.7 Å². The van der Waals surface area contributed by atoms with E-state index < -0.39 is 0 Å². The second kappa shape index (κ2) is 12.0. The summed E-state index contributed by atoms with van der Waals surface area (Å²) in [5, 5.41) is 4.42. The molecular formula is C33H42N6O3. The van der Waals surface area contributed by atoms with Gasteiger partial charge in [0.2, 0.25) is 11.9 Å². The Bertz CT molecular complexity index is 1500. The summed E-state index contributed by atoms with van der Waals surface area (Å²) in [6, 6.07) is 10.8. The number of benzene rings is 1. The molecule has 3 fully saturated rings. The lowest BCUT2D eigenvalue weighted by Gasteiger charge is -2.50. The van der Waals surface area contributed by atoms with Crippen LogP contribution in [-0.2, 0) is 15.1 Å². The van der Waals surface area contributed by atoms with Crippen LogP contribution in [0.4, 0.5) is 5.95 Å². The molecule has 2 saturated heterocycles. The number of pyridine rings is 1. The van der Waals surface area contributed by atoms with Crippen molar-refractivity contribution in [3.05, 3.63) is 76.2 Å². The molecule has 0 unspecified atom stereocenters. The van der Waals surface area contributed by atoms with E-state index in [9.17, 15) is 9.59 Å². The molecule has 1 saturated carbocycles. The third kappa shape index (κ3) is 5.36. The topological polar surface area (TPSA) is 92.6 Å². The van der Waals surface area contributed by atoms with Crippen molar-refractivity contribution in [1.82, 2.24) is 24.3 Å². The molecule has 1 aromatic carbocycles. The number of amides is 1. The van der Waals surface area contributed by atoms with Crippen molar-refractivity contribution in [2.24, 2.45) is 0 Å². The first-order valence-corrected chi connectivity index (χ1v) is 15.4. The maximum Gasteiger partial charge on any atom is 0.252 e. The fourth-order valence-electron chi connectivity index (χ4n) is 7.20. The van der Waals surface area contributed by atoms with Crippen LogP contribution in [-0.4, -0.2) is 69.6 Å². The molecule has 1 N–H and O–H groups in total. The number of hydrogen-bond acceptors (Lipinski definition) is 7. The fourth-order valence-corrected chi connectivity index (χ4v) is 7.20. The van der Waals surface area contributed by atoms with Crippen LogP contribution in [0, 0.1) is 6.92 Å². The van der Waals surface area contributed by atoms with Crippen LogP contribution in [0.3, 0.4) is 0 Å². The monoisotopic (exact) mass is 570 g/mol. The van der Waals surface area contributed by atoms with E-state index in [2.05, 4.69) is 53.0 Å². The Labute approximate surface area is 247 Å². The van der Waals surface area contributed by atoms with Crippen LogP contribution in [0.25, 0.3) is 11.0 Å². The summed E-state index contributed by atoms with van der Waals surface area (Å²) in [6.45, 7) is 12.3. The molecule has 2 aliphatic heterocycles. The van der Waals surface area contributed by atoms with Gasteiger partial charge in [-0.2, -0.15) is 4.98 Å². The first-order chi connectivity index (χ1) is 20.4. The summed E-state index contributed by atoms with van der Waals surface area (Å²) >= 11 is 0. The molecule has 3 aliphatic rings. The third-order valence-electron chi connectivity index (χ3n) is 9.67. The Morgan fingerprint density at radius 1 is 1.12 bits per heavy atom. The molecule has 6 rings (SSSR count). The van der Waals surface area contributed by atoms with Gasteiger partial charge >= 0.3 is 0 Å². The van der Waals surface area contributed by atoms with Crippen LogP contribution in [0.15, 0.2) is 54.0 Å². The lowest BCUT2D eigenvalue weighted by Crippen LogP contribution is -2.58. The minimum Gasteiger partial charge on any atom is -0.381 e. The SMILES string of the molecule is C=CC(=O)N1CCN(C2(c3ccc([C@H](C)Nc4ncc5c(C)cc(=O)n(C6CCCC6)c5n4)cc3)CCOCC2)CC1. The summed E-state index contributed by atoms with van der Waals surface area (Å²) in [5.41, 5.74) is 4.00. The molecule has 9 nitrogen and oxygen atoms in total. The number of fused-ring (bicyclic) bond motifs is 1. The molecular weight excluding hydrogens is 528 g/mol. The number of carbonyl (C=O) groups is 1. The van der Waals surface area contributed by atoms with Crippen molar-refractivity contribution in [2.45, 2.75) is 70.0 Å². The van der Waals surface area contributed by atoms with Gasteiger partial charge in [0.1, 0.15) is 5.65 Å². The van der Waals surface area contributed by atoms with E-state index in [0.717, 1.165) is 87.0 Å². The quantitative estimate of drug-likeness (QED) is 0.411. The summed E-state index contributed by atoms with van der Waals surface area (Å²) in [6.07, 6.45) is 9.45. The zero-order valence-corrected chi connectivity index (χ0v) is 24.8. The Morgan fingerprint density at radius 3 is 2.48 bits per heavy atom. The van der Waals surface area contributed by atoms with Crippen molar-refractivity contribution in [2.75, 3.05) is 44.7 Å². The average Bonchev–Trinajstić information content (AvgIpc) is 3.55. The van der Waals surface area contributed by atoms with Gasteiger partial charge in [-0.05, 0) is 62.3 Å². The van der Waals surface area contributed by atoms with Gasteiger partial charge in [-0.15, -0.1) is 0 Å². The summed E-state index contributed by atoms with van der Waals surface area (Å²) in [7, 11) is 0. The van der Waals surface area contributed by atoms with E-state index in [-0.39, 0.29) is 29.1 Å². The highest BCUT2D eigenvalue weighted by Crippen LogP contribution is 2.39. The highest BCUT2D eigenvalue weighted by Gasteiger charge is 2.41. The number of nitrogens with zero attached hydrogens (tertiary/aromatic N) is 5. The Morgan fingerprint density at radius 2 is 1.81 bits per heavy atom. The number of hydrogen-bond donors (Lipinski definition) is 1. The van der Waals surface area contributed by atoms with Gasteiger partial charge in [0.25, 0.3) is 5.56 Å². The molecule has 1 atom stereocenters. The zero-order chi connectivity index (χ0) is 29.3. The average molecular weight is 571 g/mol. The van der Waals surface area contributed by atoms with Gasteiger partial charge in [0.15, 0.2) is 0 Å². The van der Waals surface area contributed by atoms with Crippen LogP contribution < -0.4 is 10.9 Å². The summed E-state index contributed by atoms with van der Waals surface area (Å²) in [4.78, 5) is 39.1. The van der Waals surface area contributed by atoms with Crippen molar-refractivity contribution >= 4 is 22.9 Å². The molecule has 1 amide bonds. The van der Waals surface area contributed by atoms with Crippen molar-refractivity contribution in [1.29, 1.82) is 0 Å². The smallest absolute Gasteiger partial charge is 0.252 e. The highest BCUT2D eigenvalue weighted by atomic mass is 16.5. The van der Waals surface area contributed by atoms with Crippen LogP contribution in [0.2, 0.25) is 0 Å². The van der Waals surface area contributed by atoms with E-state index in [1.165, 1.54) is 11.6 Å². The molecule has 9 heteroatoms. The van der Waals surface area contributed by atoms with E-state index in [4.69, 9.17) is 9.72 Å². The van der Waals surface area contributed by atoms with E-state index >= 15 is 0 Å². The first kappa shape index (κ1) is 28.6. The standard InChI is InChI=1S/C33H42N6O3/c1-4-29(40)37-15-17-38(18-16-37)33(13-19-42-20-14-33)26-11-9-25(10-12-26)24(3)35-32-34-22-28-23(2)21-30(41)39(31(28)36-32)27-7-5-6-8-27/h4,9-12,21-22,24,27H,1,5-8,13-20H2,2-3H3,(H,34,35,36)/t24-/m0/s1. The third-order valence-corrected chi connectivity index (χ3v) is 9.67. The van der Waals surface area contributed by atoms with E-state index in [1.807, 2.05) is 22.6 Å². The maximum atomic E-state index is 13.0. The minimum absolute atomic E-state index is 0.00821. The second-order valence-corrected chi connectivity index (χ2v) is 12.1. The summed E-state index contributed by atoms with van der Waals surface area (Å²) in [5.74, 6) is 0.539. The first-order valence-electron chi connectivity index (χ1n) is 15.4. The number of anilines is 1. The number of carbonyl (C=O) groups excluding carboxylic acids is 1. The zero-order valence-electron chi connectivity index (χ0n) is 24.8. The molecule has 2 aromatic heterocycles. The molecule has 0 bridgehead atoms. The van der Waals surface area contributed by atoms with Crippen molar-refractivity contribution in [3.63, 3.8) is 0 Å². The molecule has 1 aliphatic carbocycles. The minimum atomic E-state index is -0.0972. The number of aromatic nitrogens is 3. The maximum absolute atomic E-state index is 13.0. The normalized spacial score (nSPS) is 20.5. The van der Waals surface area contributed by atoms with Gasteiger partial charge < -0.3 is 15.0 Å². The molecule has 3 aromatic rings. The molecule has 0 spiro atoms. The number of piperazine rings is 1. The van der Waals surface area contributed by atoms with Crippen LogP contribution in [0.1, 0.15) is 74.2 Å². The Kier molecular flexibility index (Phi) is 8.14. The van der Waals surface area contributed by atoms with Gasteiger partial charge in [-0.3, -0.25) is 19.1 Å². The van der Waals surface area contributed by atoms with Gasteiger partial charge in [-0.25, -0.2) is 4.98 Å². The van der Waals surface area contributed by atoms with Crippen molar-refractivity contribution in [3.8, 4) is 0 Å². The molecule has 0 radical (unpaired) electrons. The predicted molar refractivity (Wildman–Crippen MR) is 165 cm³/mol. The van der Waals surface area contributed by atoms with E-state index in [0.29, 0.717) is 19.0 Å². The van der Waals surface area contributed by atoms with Crippen LogP contribution >= 0.6 is 0 Å². The summed E-state index contributed by atoms with van der Waals surface area (Å²) < 4.78 is 7.67. The largest absolute Gasteiger partial charge is 0.381 e. The number of rotatable bonds is 7. The number of nitrogens with one attached hydrogen (secondary N) is 1. The molecule has 4 heterocycles. The fraction of sp³-hybridized carbons (Fsp3) is 0.515. The van der Waals surface area contributed by atoms with Gasteiger partial charge in [0.05, 0.1) is 11.6 Å². The predicted octanol–water partition coefficient (Wildman–Crippen LogP) is 4.72. The van der Waals surface area contributed by atoms with Gasteiger partial charge in [0, 0.05) is 63.1 Å². The second-order valence-electron chi connectivity index (χ2n) is 12.1. The number of aryl methyl sites for hydroxylation is 1.